The van der Waals surface area contributed by atoms with Gasteiger partial charge in [0.1, 0.15) is 11.2 Å². The van der Waals surface area contributed by atoms with Gasteiger partial charge in [0, 0.05) is 22.0 Å². The first-order chi connectivity index (χ1) is 32.2. The Bertz CT molecular complexity index is 3620. The van der Waals surface area contributed by atoms with Crippen LogP contribution in [0.25, 0.3) is 60.9 Å². The summed E-state index contributed by atoms with van der Waals surface area (Å²) >= 11 is 0. The van der Waals surface area contributed by atoms with Crippen molar-refractivity contribution in [3.63, 3.8) is 0 Å². The van der Waals surface area contributed by atoms with Gasteiger partial charge in [-0.1, -0.05) is 170 Å². The van der Waals surface area contributed by atoms with Crippen molar-refractivity contribution in [3.8, 4) is 56.4 Å². The highest BCUT2D eigenvalue weighted by molar-refractivity contribution is 6.06. The zero-order valence-electron chi connectivity index (χ0n) is 35.2. The maximum absolute atomic E-state index is 7.20. The molecule has 9 aromatic carbocycles. The quantitative estimate of drug-likeness (QED) is 0.173. The summed E-state index contributed by atoms with van der Waals surface area (Å²) in [6.45, 7) is 0. The molecular formula is C61H39NO3. The lowest BCUT2D eigenvalue weighted by Gasteiger charge is -2.36. The first kappa shape index (κ1) is 36.2. The van der Waals surface area contributed by atoms with Gasteiger partial charge in [-0.3, -0.25) is 0 Å². The Morgan fingerprint density at radius 2 is 1.12 bits per heavy atom. The van der Waals surface area contributed by atoms with E-state index in [0.717, 1.165) is 62.2 Å². The Morgan fingerprint density at radius 3 is 1.92 bits per heavy atom. The molecule has 306 valence electrons. The highest BCUT2D eigenvalue weighted by Crippen LogP contribution is 2.66. The average molecular weight is 834 g/mol. The Morgan fingerprint density at radius 1 is 0.462 bits per heavy atom. The molecule has 14 rings (SSSR count). The molecule has 1 aliphatic heterocycles. The summed E-state index contributed by atoms with van der Waals surface area (Å²) in [7, 11) is 0. The van der Waals surface area contributed by atoms with Gasteiger partial charge in [0.05, 0.1) is 17.1 Å². The van der Waals surface area contributed by atoms with E-state index in [1.807, 2.05) is 18.2 Å². The van der Waals surface area contributed by atoms with E-state index >= 15 is 0 Å². The number of anilines is 2. The minimum atomic E-state index is -0.475. The summed E-state index contributed by atoms with van der Waals surface area (Å²) in [6.07, 6.45) is 7.70. The van der Waals surface area contributed by atoms with Crippen LogP contribution in [0, 0.1) is 0 Å². The summed E-state index contributed by atoms with van der Waals surface area (Å²) in [5.74, 6) is 2.84. The minimum absolute atomic E-state index is 0.0227. The van der Waals surface area contributed by atoms with E-state index in [-0.39, 0.29) is 6.04 Å². The topological polar surface area (TPSA) is 34.8 Å². The lowest BCUT2D eigenvalue weighted by atomic mass is 9.70. The molecule has 0 radical (unpaired) electrons. The van der Waals surface area contributed by atoms with Crippen molar-refractivity contribution in [2.75, 3.05) is 4.90 Å². The summed E-state index contributed by atoms with van der Waals surface area (Å²) in [5, 5.41) is 2.27. The maximum Gasteiger partial charge on any atom is 0.193 e. The number of hydrogen-bond acceptors (Lipinski definition) is 4. The molecule has 0 amide bonds. The summed E-state index contributed by atoms with van der Waals surface area (Å²) < 4.78 is 20.7. The molecule has 0 bridgehead atoms. The van der Waals surface area contributed by atoms with Crippen LogP contribution in [-0.4, -0.2) is 6.04 Å². The Labute approximate surface area is 376 Å². The molecule has 0 saturated heterocycles. The summed E-state index contributed by atoms with van der Waals surface area (Å²) in [6, 6.07) is 71.5. The average Bonchev–Trinajstić information content (AvgIpc) is 4.00. The summed E-state index contributed by atoms with van der Waals surface area (Å²) in [4.78, 5) is 2.41. The maximum atomic E-state index is 7.20. The molecule has 1 atom stereocenters. The van der Waals surface area contributed by atoms with E-state index in [1.54, 1.807) is 0 Å². The van der Waals surface area contributed by atoms with Crippen LogP contribution < -0.4 is 14.4 Å². The molecule has 4 aliphatic rings. The van der Waals surface area contributed by atoms with Crippen LogP contribution in [0.2, 0.25) is 0 Å². The molecule has 4 nitrogen and oxygen atoms in total. The van der Waals surface area contributed by atoms with Gasteiger partial charge < -0.3 is 18.8 Å². The van der Waals surface area contributed by atoms with E-state index in [0.29, 0.717) is 17.2 Å². The predicted molar refractivity (Wildman–Crippen MR) is 263 cm³/mol. The highest BCUT2D eigenvalue weighted by atomic mass is 16.6. The second-order valence-electron chi connectivity index (χ2n) is 17.4. The Kier molecular flexibility index (Phi) is 7.70. The van der Waals surface area contributed by atoms with E-state index in [4.69, 9.17) is 13.9 Å². The molecule has 1 spiro atoms. The van der Waals surface area contributed by atoms with Crippen molar-refractivity contribution >= 4 is 38.9 Å². The lowest BCUT2D eigenvalue weighted by molar-refractivity contribution is 0.360. The second-order valence-corrected chi connectivity index (χ2v) is 17.4. The number of ether oxygens (including phenoxy) is 2. The fourth-order valence-electron chi connectivity index (χ4n) is 11.3. The van der Waals surface area contributed by atoms with Crippen molar-refractivity contribution in [1.29, 1.82) is 0 Å². The van der Waals surface area contributed by atoms with Crippen molar-refractivity contribution in [2.24, 2.45) is 0 Å². The predicted octanol–water partition coefficient (Wildman–Crippen LogP) is 16.0. The molecule has 0 saturated carbocycles. The van der Waals surface area contributed by atoms with Gasteiger partial charge in [0.2, 0.25) is 0 Å². The number of nitrogens with zero attached hydrogens (tertiary/aromatic N) is 1. The van der Waals surface area contributed by atoms with Gasteiger partial charge in [-0.2, -0.15) is 0 Å². The molecule has 1 unspecified atom stereocenters. The van der Waals surface area contributed by atoms with Crippen LogP contribution in [0.4, 0.5) is 11.4 Å². The Hall–Kier alpha value is -8.34. The van der Waals surface area contributed by atoms with Gasteiger partial charge >= 0.3 is 0 Å². The third kappa shape index (κ3) is 5.19. The molecule has 1 aromatic heterocycles. The van der Waals surface area contributed by atoms with E-state index in [9.17, 15) is 0 Å². The largest absolute Gasteiger partial charge is 0.456 e. The third-order valence-electron chi connectivity index (χ3n) is 14.1. The van der Waals surface area contributed by atoms with Crippen LogP contribution in [-0.2, 0) is 5.41 Å². The molecule has 0 N–H and O–H groups in total. The van der Waals surface area contributed by atoms with Crippen LogP contribution in [0.3, 0.4) is 0 Å². The highest BCUT2D eigenvalue weighted by Gasteiger charge is 2.53. The lowest BCUT2D eigenvalue weighted by Crippen LogP contribution is -2.30. The zero-order valence-corrected chi connectivity index (χ0v) is 35.2. The monoisotopic (exact) mass is 833 g/mol. The number of benzene rings is 9. The summed E-state index contributed by atoms with van der Waals surface area (Å²) in [5.41, 5.74) is 17.8. The molecule has 65 heavy (non-hydrogen) atoms. The van der Waals surface area contributed by atoms with Gasteiger partial charge in [-0.05, 0) is 116 Å². The molecule has 10 aromatic rings. The zero-order chi connectivity index (χ0) is 42.6. The Balaban J connectivity index is 0.882. The SMILES string of the molecule is C1=CC(N(c2cccc(-c3ccccc3)c2)c2cccc3c2Oc2ccc4c(c2O3)-c2ccccc2C42c3ccccc3-c3ccccc32)CC=C1c1ccc2c(c1)oc1ccccc12. The van der Waals surface area contributed by atoms with Crippen LogP contribution in [0.1, 0.15) is 34.2 Å². The first-order valence-electron chi connectivity index (χ1n) is 22.4. The fourth-order valence-corrected chi connectivity index (χ4v) is 11.3. The fraction of sp³-hybridized carbons (Fsp3) is 0.0492. The normalized spacial score (nSPS) is 15.6. The third-order valence-corrected chi connectivity index (χ3v) is 14.1. The number of hydrogen-bond donors (Lipinski definition) is 0. The number of fused-ring (bicyclic) bond motifs is 16. The van der Waals surface area contributed by atoms with Crippen molar-refractivity contribution < 1.29 is 13.9 Å². The smallest absolute Gasteiger partial charge is 0.193 e. The van der Waals surface area contributed by atoms with Crippen LogP contribution >= 0.6 is 0 Å². The van der Waals surface area contributed by atoms with E-state index in [1.165, 1.54) is 50.1 Å². The molecule has 2 heterocycles. The number of furan rings is 1. The van der Waals surface area contributed by atoms with Crippen LogP contribution in [0.5, 0.6) is 23.0 Å². The van der Waals surface area contributed by atoms with Crippen LogP contribution in [0.15, 0.2) is 223 Å². The van der Waals surface area contributed by atoms with Crippen molar-refractivity contribution in [1.82, 2.24) is 0 Å². The molecule has 0 fully saturated rings. The molecular weight excluding hydrogens is 795 g/mol. The second kappa shape index (κ2) is 13.8. The molecule has 3 aliphatic carbocycles. The van der Waals surface area contributed by atoms with E-state index < -0.39 is 5.41 Å². The van der Waals surface area contributed by atoms with Crippen molar-refractivity contribution in [2.45, 2.75) is 17.9 Å². The minimum Gasteiger partial charge on any atom is -0.456 e. The van der Waals surface area contributed by atoms with Gasteiger partial charge in [-0.15, -0.1) is 0 Å². The standard InChI is InChI=1S/C61H39NO3/c1-2-14-38(15-3-1)40-16-12-17-43(36-40)62(42-31-28-39(29-32-42)41-30-33-47-46-20-7-11-26-54(46)63-57(47)37-41)53-25-13-27-55-59(53)64-56-35-34-52-58(60(56)65-55)48-21-6-10-24-51(48)61(52)49-22-8-4-18-44(49)45-19-5-9-23-50(45)61/h1-31,33-37,42H,32H2. The van der Waals surface area contributed by atoms with Gasteiger partial charge in [0.15, 0.2) is 23.0 Å². The van der Waals surface area contributed by atoms with Gasteiger partial charge in [0.25, 0.3) is 0 Å². The number of allylic oxidation sites excluding steroid dienone is 2. The number of para-hydroxylation sites is 2. The molecule has 4 heteroatoms. The van der Waals surface area contributed by atoms with Crippen molar-refractivity contribution in [3.05, 3.63) is 246 Å². The van der Waals surface area contributed by atoms with Gasteiger partial charge in [-0.25, -0.2) is 0 Å². The first-order valence-corrected chi connectivity index (χ1v) is 22.4. The number of rotatable bonds is 5. The van der Waals surface area contributed by atoms with E-state index in [2.05, 4.69) is 205 Å².